The lowest BCUT2D eigenvalue weighted by Crippen LogP contribution is -2.37. The number of hydrogen-bond donors (Lipinski definition) is 1. The molecule has 172 valence electrons. The fraction of sp³-hybridized carbons (Fsp3) is 0.370. The van der Waals surface area contributed by atoms with E-state index in [0.29, 0.717) is 31.7 Å². The zero-order chi connectivity index (χ0) is 23.6. The summed E-state index contributed by atoms with van der Waals surface area (Å²) < 4.78 is 0. The zero-order valence-corrected chi connectivity index (χ0v) is 19.8. The maximum absolute atomic E-state index is 13.3. The Morgan fingerprint density at radius 3 is 2.45 bits per heavy atom. The first-order valence-corrected chi connectivity index (χ1v) is 11.5. The van der Waals surface area contributed by atoms with Gasteiger partial charge >= 0.3 is 0 Å². The van der Waals surface area contributed by atoms with Crippen molar-refractivity contribution in [1.82, 2.24) is 20.0 Å². The van der Waals surface area contributed by atoms with Crippen LogP contribution in [0.1, 0.15) is 42.5 Å². The van der Waals surface area contributed by atoms with Crippen molar-refractivity contribution in [3.63, 3.8) is 0 Å². The number of amides is 2. The summed E-state index contributed by atoms with van der Waals surface area (Å²) in [6.07, 6.45) is 0.575. The van der Waals surface area contributed by atoms with E-state index in [0.717, 1.165) is 22.4 Å². The van der Waals surface area contributed by atoms with Gasteiger partial charge in [0.25, 0.3) is 5.91 Å². The lowest BCUT2D eigenvalue weighted by molar-refractivity contribution is -0.133. The zero-order valence-electron chi connectivity index (χ0n) is 19.8. The minimum absolute atomic E-state index is 0.0746. The number of carbonyl (C=O) groups is 2. The Bertz CT molecular complexity index is 1130. The molecule has 1 N–H and O–H groups in total. The van der Waals surface area contributed by atoms with Gasteiger partial charge in [-0.25, -0.2) is 0 Å². The number of aromatic nitrogens is 2. The van der Waals surface area contributed by atoms with Gasteiger partial charge in [0.1, 0.15) is 5.69 Å². The van der Waals surface area contributed by atoms with Gasteiger partial charge in [0.2, 0.25) is 5.91 Å². The summed E-state index contributed by atoms with van der Waals surface area (Å²) in [5.74, 6) is -0.371. The fourth-order valence-corrected chi connectivity index (χ4v) is 4.30. The predicted molar refractivity (Wildman–Crippen MR) is 130 cm³/mol. The third-order valence-electron chi connectivity index (χ3n) is 6.33. The van der Waals surface area contributed by atoms with E-state index >= 15 is 0 Å². The van der Waals surface area contributed by atoms with Crippen LogP contribution in [0.15, 0.2) is 60.7 Å². The molecule has 3 aromatic rings. The molecule has 1 aromatic heterocycles. The van der Waals surface area contributed by atoms with Gasteiger partial charge in [0.05, 0.1) is 5.92 Å². The summed E-state index contributed by atoms with van der Waals surface area (Å²) in [6, 6.07) is 20.2. The summed E-state index contributed by atoms with van der Waals surface area (Å²) in [7, 11) is 1.82. The molecule has 33 heavy (non-hydrogen) atoms. The van der Waals surface area contributed by atoms with Crippen LogP contribution in [0.4, 0.5) is 0 Å². The molecule has 0 aliphatic carbocycles. The van der Waals surface area contributed by atoms with Crippen LogP contribution in [0, 0.1) is 5.92 Å². The number of likely N-dealkylation sites (N-methyl/N-ethyl adjacent to an activating group) is 1. The topological polar surface area (TPSA) is 69.3 Å². The van der Waals surface area contributed by atoms with E-state index in [1.54, 1.807) is 9.80 Å². The van der Waals surface area contributed by atoms with E-state index in [1.165, 1.54) is 0 Å². The molecule has 2 amide bonds. The Morgan fingerprint density at radius 1 is 1.06 bits per heavy atom. The van der Waals surface area contributed by atoms with Crippen molar-refractivity contribution in [2.45, 2.75) is 32.6 Å². The molecule has 0 spiro atoms. The monoisotopic (exact) mass is 444 g/mol. The highest BCUT2D eigenvalue weighted by molar-refractivity contribution is 5.93. The molecule has 0 saturated carbocycles. The number of hydrogen-bond acceptors (Lipinski definition) is 3. The van der Waals surface area contributed by atoms with E-state index in [9.17, 15) is 9.59 Å². The second-order valence-corrected chi connectivity index (χ2v) is 9.85. The Hall–Kier alpha value is -3.41. The number of rotatable bonds is 4. The van der Waals surface area contributed by atoms with Crippen LogP contribution in [0.25, 0.3) is 11.1 Å². The van der Waals surface area contributed by atoms with Gasteiger partial charge in [-0.05, 0) is 29.2 Å². The van der Waals surface area contributed by atoms with Crippen LogP contribution in [0.3, 0.4) is 0 Å². The van der Waals surface area contributed by atoms with Crippen molar-refractivity contribution < 1.29 is 9.59 Å². The first-order chi connectivity index (χ1) is 15.7. The minimum Gasteiger partial charge on any atom is -0.344 e. The van der Waals surface area contributed by atoms with E-state index in [2.05, 4.69) is 55.2 Å². The van der Waals surface area contributed by atoms with Gasteiger partial charge in [0, 0.05) is 37.8 Å². The summed E-state index contributed by atoms with van der Waals surface area (Å²) in [5, 5.41) is 7.28. The number of aromatic amines is 1. The molecular weight excluding hydrogens is 412 g/mol. The highest BCUT2D eigenvalue weighted by Crippen LogP contribution is 2.27. The first-order valence-electron chi connectivity index (χ1n) is 11.5. The molecule has 0 radical (unpaired) electrons. The lowest BCUT2D eigenvalue weighted by Gasteiger charge is -2.23. The third kappa shape index (κ3) is 5.00. The molecule has 1 aliphatic heterocycles. The summed E-state index contributed by atoms with van der Waals surface area (Å²) in [5.41, 5.74) is 4.56. The average molecular weight is 445 g/mol. The third-order valence-corrected chi connectivity index (χ3v) is 6.33. The molecular formula is C27H32N4O2. The van der Waals surface area contributed by atoms with E-state index in [-0.39, 0.29) is 23.1 Å². The van der Waals surface area contributed by atoms with Crippen molar-refractivity contribution >= 4 is 11.8 Å². The Kier molecular flexibility index (Phi) is 6.36. The van der Waals surface area contributed by atoms with Gasteiger partial charge in [-0.3, -0.25) is 14.7 Å². The average Bonchev–Trinajstić information content (AvgIpc) is 3.27. The Morgan fingerprint density at radius 2 is 1.76 bits per heavy atom. The number of benzene rings is 2. The van der Waals surface area contributed by atoms with E-state index in [4.69, 9.17) is 0 Å². The summed E-state index contributed by atoms with van der Waals surface area (Å²) in [6.45, 7) is 7.62. The lowest BCUT2D eigenvalue weighted by atomic mass is 9.91. The Balaban J connectivity index is 1.59. The predicted octanol–water partition coefficient (Wildman–Crippen LogP) is 4.15. The first kappa shape index (κ1) is 22.8. The number of nitrogens with one attached hydrogen (secondary N) is 1. The molecule has 6 heteroatoms. The highest BCUT2D eigenvalue weighted by atomic mass is 16.2. The van der Waals surface area contributed by atoms with Gasteiger partial charge < -0.3 is 9.80 Å². The molecule has 2 heterocycles. The maximum atomic E-state index is 13.3. The molecule has 1 saturated heterocycles. The van der Waals surface area contributed by atoms with E-state index in [1.807, 2.05) is 43.4 Å². The smallest absolute Gasteiger partial charge is 0.274 e. The van der Waals surface area contributed by atoms with Gasteiger partial charge in [-0.1, -0.05) is 75.4 Å². The SMILES string of the molecule is CN1CCN(C(=O)c2cc(C(C)(C)C)[nH]n2)CC(Cc2ccccc2-c2ccccc2)C1=O. The number of carbonyl (C=O) groups excluding carboxylic acids is 2. The summed E-state index contributed by atoms with van der Waals surface area (Å²) in [4.78, 5) is 30.0. The molecule has 1 atom stereocenters. The quantitative estimate of drug-likeness (QED) is 0.657. The fourth-order valence-electron chi connectivity index (χ4n) is 4.30. The molecule has 1 fully saturated rings. The largest absolute Gasteiger partial charge is 0.344 e. The van der Waals surface area contributed by atoms with Crippen molar-refractivity contribution in [2.24, 2.45) is 5.92 Å². The van der Waals surface area contributed by atoms with Crippen LogP contribution in [0.2, 0.25) is 0 Å². The van der Waals surface area contributed by atoms with Crippen molar-refractivity contribution in [1.29, 1.82) is 0 Å². The molecule has 1 aliphatic rings. The van der Waals surface area contributed by atoms with Gasteiger partial charge in [-0.2, -0.15) is 5.10 Å². The number of nitrogens with zero attached hydrogens (tertiary/aromatic N) is 3. The molecule has 0 bridgehead atoms. The minimum atomic E-state index is -0.313. The molecule has 4 rings (SSSR count). The highest BCUT2D eigenvalue weighted by Gasteiger charge is 2.32. The normalized spacial score (nSPS) is 17.2. The van der Waals surface area contributed by atoms with Crippen LogP contribution < -0.4 is 0 Å². The van der Waals surface area contributed by atoms with E-state index < -0.39 is 0 Å². The standard InChI is InChI=1S/C27H32N4O2/c1-27(2,3)24-17-23(28-29-24)26(33)31-15-14-30(4)25(32)21(18-31)16-20-12-8-9-13-22(20)19-10-6-5-7-11-19/h5-13,17,21H,14-16,18H2,1-4H3,(H,28,29). The Labute approximate surface area is 195 Å². The van der Waals surface area contributed by atoms with Gasteiger partial charge in [-0.15, -0.1) is 0 Å². The maximum Gasteiger partial charge on any atom is 0.274 e. The van der Waals surface area contributed by atoms with Crippen molar-refractivity contribution in [3.05, 3.63) is 77.6 Å². The van der Waals surface area contributed by atoms with Crippen LogP contribution >= 0.6 is 0 Å². The van der Waals surface area contributed by atoms with Crippen LogP contribution in [0.5, 0.6) is 0 Å². The second-order valence-electron chi connectivity index (χ2n) is 9.85. The van der Waals surface area contributed by atoms with Crippen molar-refractivity contribution in [2.75, 3.05) is 26.7 Å². The number of H-pyrrole nitrogens is 1. The van der Waals surface area contributed by atoms with Crippen LogP contribution in [-0.2, 0) is 16.6 Å². The van der Waals surface area contributed by atoms with Crippen LogP contribution in [-0.4, -0.2) is 58.5 Å². The molecule has 1 unspecified atom stereocenters. The molecule has 2 aromatic carbocycles. The molecule has 6 nitrogen and oxygen atoms in total. The summed E-state index contributed by atoms with van der Waals surface area (Å²) >= 11 is 0. The second kappa shape index (κ2) is 9.22. The van der Waals surface area contributed by atoms with Crippen molar-refractivity contribution in [3.8, 4) is 11.1 Å². The van der Waals surface area contributed by atoms with Gasteiger partial charge in [0.15, 0.2) is 0 Å².